The lowest BCUT2D eigenvalue weighted by Crippen LogP contribution is -2.12. The van der Waals surface area contributed by atoms with E-state index in [4.69, 9.17) is 4.74 Å². The lowest BCUT2D eigenvalue weighted by molar-refractivity contribution is 0.490. The zero-order valence-electron chi connectivity index (χ0n) is 31.1. The molecule has 1 heterocycles. The van der Waals surface area contributed by atoms with E-state index < -0.39 is 0 Å². The van der Waals surface area contributed by atoms with E-state index >= 15 is 0 Å². The minimum atomic E-state index is 0.835. The van der Waals surface area contributed by atoms with E-state index in [1.807, 2.05) is 0 Å². The molecular formula is C54H36N2O. The van der Waals surface area contributed by atoms with Crippen LogP contribution in [0.15, 0.2) is 218 Å². The molecule has 57 heavy (non-hydrogen) atoms. The molecule has 0 bridgehead atoms. The van der Waals surface area contributed by atoms with E-state index in [1.165, 1.54) is 0 Å². The second kappa shape index (κ2) is 13.6. The summed E-state index contributed by atoms with van der Waals surface area (Å²) in [5.41, 5.74) is 10.9. The van der Waals surface area contributed by atoms with Crippen molar-refractivity contribution in [3.05, 3.63) is 218 Å². The highest BCUT2D eigenvalue weighted by molar-refractivity contribution is 6.24. The fourth-order valence-corrected chi connectivity index (χ4v) is 8.77. The van der Waals surface area contributed by atoms with Gasteiger partial charge in [0.15, 0.2) is 5.75 Å². The summed E-state index contributed by atoms with van der Waals surface area (Å²) in [5, 5.41) is 6.92. The van der Waals surface area contributed by atoms with Crippen molar-refractivity contribution in [2.24, 2.45) is 0 Å². The molecule has 0 fully saturated rings. The molecule has 0 saturated carbocycles. The smallest absolute Gasteiger partial charge is 0.159 e. The lowest BCUT2D eigenvalue weighted by Gasteiger charge is -2.32. The maximum Gasteiger partial charge on any atom is 0.159 e. The van der Waals surface area contributed by atoms with Crippen LogP contribution in [0.3, 0.4) is 0 Å². The summed E-state index contributed by atoms with van der Waals surface area (Å²) < 4.78 is 7.45. The van der Waals surface area contributed by atoms with Crippen molar-refractivity contribution >= 4 is 66.4 Å². The van der Waals surface area contributed by atoms with E-state index in [1.54, 1.807) is 0 Å². The van der Waals surface area contributed by atoms with Gasteiger partial charge in [-0.1, -0.05) is 158 Å². The Balaban J connectivity index is 1.20. The number of nitrogens with zero attached hydrogens (tertiary/aromatic N) is 2. The van der Waals surface area contributed by atoms with Crippen LogP contribution in [-0.4, -0.2) is 0 Å². The highest BCUT2D eigenvalue weighted by atomic mass is 16.5. The van der Waals surface area contributed by atoms with E-state index in [0.717, 1.165) is 100 Å². The predicted molar refractivity (Wildman–Crippen MR) is 239 cm³/mol. The van der Waals surface area contributed by atoms with Crippen LogP contribution in [0.25, 0.3) is 54.6 Å². The zero-order valence-corrected chi connectivity index (χ0v) is 31.1. The quantitative estimate of drug-likeness (QED) is 0.152. The third-order valence-electron chi connectivity index (χ3n) is 11.2. The Kier molecular flexibility index (Phi) is 7.82. The molecule has 1 aliphatic rings. The van der Waals surface area contributed by atoms with Crippen LogP contribution in [0.4, 0.5) is 34.1 Å². The molecule has 3 nitrogen and oxygen atoms in total. The monoisotopic (exact) mass is 728 g/mol. The van der Waals surface area contributed by atoms with Crippen molar-refractivity contribution in [2.75, 3.05) is 9.80 Å². The van der Waals surface area contributed by atoms with E-state index in [-0.39, 0.29) is 0 Å². The summed E-state index contributed by atoms with van der Waals surface area (Å²) in [4.78, 5) is 4.70. The second-order valence-corrected chi connectivity index (χ2v) is 14.4. The van der Waals surface area contributed by atoms with Crippen LogP contribution >= 0.6 is 0 Å². The van der Waals surface area contributed by atoms with Gasteiger partial charge in [0, 0.05) is 55.6 Å². The minimum absolute atomic E-state index is 0.835. The van der Waals surface area contributed by atoms with Gasteiger partial charge in [-0.3, -0.25) is 0 Å². The summed E-state index contributed by atoms with van der Waals surface area (Å²) >= 11 is 0. The summed E-state index contributed by atoms with van der Waals surface area (Å²) in [6.07, 6.45) is 0. The van der Waals surface area contributed by atoms with Gasteiger partial charge in [0.2, 0.25) is 0 Å². The number of hydrogen-bond donors (Lipinski definition) is 0. The van der Waals surface area contributed by atoms with Crippen molar-refractivity contribution in [2.45, 2.75) is 0 Å². The molecular weight excluding hydrogens is 693 g/mol. The van der Waals surface area contributed by atoms with Gasteiger partial charge in [-0.25, -0.2) is 0 Å². The minimum Gasteiger partial charge on any atom is -0.453 e. The average Bonchev–Trinajstić information content (AvgIpc) is 3.28. The summed E-state index contributed by atoms with van der Waals surface area (Å²) in [7, 11) is 0. The summed E-state index contributed by atoms with van der Waals surface area (Å²) in [5.74, 6) is 1.71. The zero-order chi connectivity index (χ0) is 37.7. The first-order chi connectivity index (χ1) is 28.3. The number of ether oxygens (including phenoxy) is 1. The van der Waals surface area contributed by atoms with Crippen molar-refractivity contribution in [1.82, 2.24) is 0 Å². The molecule has 1 aliphatic heterocycles. The van der Waals surface area contributed by atoms with E-state index in [9.17, 15) is 0 Å². The van der Waals surface area contributed by atoms with Crippen molar-refractivity contribution in [3.8, 4) is 33.8 Å². The van der Waals surface area contributed by atoms with Gasteiger partial charge in [0.25, 0.3) is 0 Å². The molecule has 0 amide bonds. The van der Waals surface area contributed by atoms with Gasteiger partial charge in [-0.2, -0.15) is 0 Å². The third kappa shape index (κ3) is 5.36. The Morgan fingerprint density at radius 1 is 0.298 bits per heavy atom. The second-order valence-electron chi connectivity index (χ2n) is 14.4. The normalized spacial score (nSPS) is 11.6. The highest BCUT2D eigenvalue weighted by Gasteiger charge is 2.30. The fourth-order valence-electron chi connectivity index (χ4n) is 8.77. The standard InChI is InChI=1S/C54H36N2O/c1-5-20-38(21-6-1)55(39-22-7-2-8-23-39)49-34-18-33-47-44-32-17-19-37-35-36-48(54(50(37)44)57-53(47)49)51-42-28-13-15-30-45(42)52(46-31-16-14-29-43(46)51)56(40-24-9-3-10-25-40)41-26-11-4-12-27-41/h1-36H. The van der Waals surface area contributed by atoms with E-state index in [2.05, 4.69) is 228 Å². The number of anilines is 6. The van der Waals surface area contributed by atoms with Crippen LogP contribution < -0.4 is 14.5 Å². The molecule has 0 atom stereocenters. The van der Waals surface area contributed by atoms with Gasteiger partial charge < -0.3 is 14.5 Å². The number of hydrogen-bond acceptors (Lipinski definition) is 3. The van der Waals surface area contributed by atoms with Crippen molar-refractivity contribution < 1.29 is 4.74 Å². The van der Waals surface area contributed by atoms with Crippen LogP contribution in [0.5, 0.6) is 11.5 Å². The molecule has 268 valence electrons. The summed E-state index contributed by atoms with van der Waals surface area (Å²) in [6, 6.07) is 77.8. The van der Waals surface area contributed by atoms with Crippen LogP contribution in [-0.2, 0) is 0 Å². The molecule has 11 rings (SSSR count). The number of fused-ring (bicyclic) bond motifs is 4. The van der Waals surface area contributed by atoms with Gasteiger partial charge in [0.1, 0.15) is 5.75 Å². The lowest BCUT2D eigenvalue weighted by atomic mass is 9.86. The van der Waals surface area contributed by atoms with Crippen molar-refractivity contribution in [1.29, 1.82) is 0 Å². The molecule has 10 aromatic carbocycles. The first kappa shape index (κ1) is 32.8. The Bertz CT molecular complexity index is 2950. The van der Waals surface area contributed by atoms with E-state index in [0.29, 0.717) is 0 Å². The van der Waals surface area contributed by atoms with Crippen LogP contribution in [0, 0.1) is 0 Å². The predicted octanol–water partition coefficient (Wildman–Crippen LogP) is 15.5. The molecule has 0 aliphatic carbocycles. The molecule has 3 heteroatoms. The topological polar surface area (TPSA) is 15.7 Å². The Labute approximate surface area is 331 Å². The van der Waals surface area contributed by atoms with Crippen LogP contribution in [0.1, 0.15) is 0 Å². The first-order valence-corrected chi connectivity index (χ1v) is 19.4. The molecule has 0 radical (unpaired) electrons. The maximum absolute atomic E-state index is 7.45. The Hall–Kier alpha value is -7.62. The Morgan fingerprint density at radius 2 is 0.754 bits per heavy atom. The molecule has 0 saturated heterocycles. The fraction of sp³-hybridized carbons (Fsp3) is 0. The molecule has 10 aromatic rings. The molecule has 0 aromatic heterocycles. The SMILES string of the molecule is c1ccc(N(c2ccccc2)c2cccc3c2Oc2c(-c4c5ccccc5c(N(c5ccccc5)c5ccccc5)c5ccccc45)ccc4cccc-3c24)cc1. The highest BCUT2D eigenvalue weighted by Crippen LogP contribution is 2.57. The van der Waals surface area contributed by atoms with Gasteiger partial charge in [-0.15, -0.1) is 0 Å². The third-order valence-corrected chi connectivity index (χ3v) is 11.2. The number of para-hydroxylation sites is 5. The Morgan fingerprint density at radius 3 is 1.30 bits per heavy atom. The van der Waals surface area contributed by atoms with Gasteiger partial charge in [0.05, 0.1) is 11.4 Å². The molecule has 0 spiro atoms. The molecule has 0 unspecified atom stereocenters. The number of rotatable bonds is 7. The maximum atomic E-state index is 7.45. The number of benzene rings is 10. The first-order valence-electron chi connectivity index (χ1n) is 19.4. The molecule has 0 N–H and O–H groups in total. The van der Waals surface area contributed by atoms with Gasteiger partial charge >= 0.3 is 0 Å². The summed E-state index contributed by atoms with van der Waals surface area (Å²) in [6.45, 7) is 0. The van der Waals surface area contributed by atoms with Gasteiger partial charge in [-0.05, 0) is 82.4 Å². The average molecular weight is 729 g/mol. The van der Waals surface area contributed by atoms with Crippen molar-refractivity contribution in [3.63, 3.8) is 0 Å². The van der Waals surface area contributed by atoms with Crippen LogP contribution in [0.2, 0.25) is 0 Å². The largest absolute Gasteiger partial charge is 0.453 e.